The minimum Gasteiger partial charge on any atom is -0.373 e. The lowest BCUT2D eigenvalue weighted by molar-refractivity contribution is 0.0425. The predicted molar refractivity (Wildman–Crippen MR) is 112 cm³/mol. The molecule has 154 valence electrons. The van der Waals surface area contributed by atoms with Gasteiger partial charge in [-0.05, 0) is 57.7 Å². The molecule has 0 unspecified atom stereocenters. The molecule has 29 heavy (non-hydrogen) atoms. The first kappa shape index (κ1) is 19.0. The van der Waals surface area contributed by atoms with Gasteiger partial charge in [-0.1, -0.05) is 24.3 Å². The number of aromatic nitrogens is 2. The van der Waals surface area contributed by atoms with Gasteiger partial charge in [-0.25, -0.2) is 0 Å². The van der Waals surface area contributed by atoms with Crippen LogP contribution in [0.25, 0.3) is 0 Å². The Bertz CT molecular complexity index is 882. The third kappa shape index (κ3) is 3.44. The number of ether oxygens (including phenoxy) is 1. The second-order valence-electron chi connectivity index (χ2n) is 9.04. The molecule has 1 aromatic carbocycles. The first-order valence-corrected chi connectivity index (χ1v) is 11.2. The Morgan fingerprint density at radius 3 is 2.83 bits per heavy atom. The van der Waals surface area contributed by atoms with Crippen molar-refractivity contribution in [2.24, 2.45) is 11.3 Å². The Kier molecular flexibility index (Phi) is 5.04. The summed E-state index contributed by atoms with van der Waals surface area (Å²) in [6, 6.07) is 8.21. The molecule has 2 saturated heterocycles. The summed E-state index contributed by atoms with van der Waals surface area (Å²) in [5.74, 6) is 0.911. The molecule has 2 atom stereocenters. The maximum absolute atomic E-state index is 13.3. The van der Waals surface area contributed by atoms with Crippen LogP contribution in [0.2, 0.25) is 0 Å². The highest BCUT2D eigenvalue weighted by Gasteiger charge is 2.44. The second-order valence-corrected chi connectivity index (χ2v) is 9.04. The van der Waals surface area contributed by atoms with Crippen molar-refractivity contribution in [2.75, 3.05) is 26.2 Å². The molecule has 0 bridgehead atoms. The van der Waals surface area contributed by atoms with Gasteiger partial charge in [0, 0.05) is 48.4 Å². The highest BCUT2D eigenvalue weighted by Crippen LogP contribution is 2.44. The van der Waals surface area contributed by atoms with Gasteiger partial charge < -0.3 is 9.64 Å². The number of Topliss-reactive ketones (excluding diaryl/α,β-unsaturated/α-hetero) is 1. The van der Waals surface area contributed by atoms with Crippen LogP contribution in [0.1, 0.15) is 60.2 Å². The van der Waals surface area contributed by atoms with E-state index in [2.05, 4.69) is 35.3 Å². The van der Waals surface area contributed by atoms with Gasteiger partial charge in [0.15, 0.2) is 5.78 Å². The van der Waals surface area contributed by atoms with Gasteiger partial charge in [-0.2, -0.15) is 5.10 Å². The van der Waals surface area contributed by atoms with E-state index in [4.69, 9.17) is 4.74 Å². The summed E-state index contributed by atoms with van der Waals surface area (Å²) in [7, 11) is 0. The molecule has 1 aromatic heterocycles. The van der Waals surface area contributed by atoms with Crippen LogP contribution in [0.15, 0.2) is 36.7 Å². The topological polar surface area (TPSA) is 47.4 Å². The maximum atomic E-state index is 13.3. The van der Waals surface area contributed by atoms with E-state index in [1.54, 1.807) is 0 Å². The lowest BCUT2D eigenvalue weighted by atomic mass is 9.65. The fourth-order valence-electron chi connectivity index (χ4n) is 5.59. The summed E-state index contributed by atoms with van der Waals surface area (Å²) >= 11 is 0. The van der Waals surface area contributed by atoms with E-state index in [0.717, 1.165) is 70.5 Å². The largest absolute Gasteiger partial charge is 0.373 e. The van der Waals surface area contributed by atoms with Gasteiger partial charge in [0.1, 0.15) is 0 Å². The molecule has 5 rings (SSSR count). The van der Waals surface area contributed by atoms with Crippen molar-refractivity contribution in [3.8, 4) is 0 Å². The second kappa shape index (κ2) is 7.69. The molecule has 0 N–H and O–H groups in total. The van der Waals surface area contributed by atoms with Crippen LogP contribution in [-0.2, 0) is 17.7 Å². The molecule has 0 amide bonds. The van der Waals surface area contributed by atoms with E-state index in [-0.39, 0.29) is 11.5 Å². The number of fused-ring (bicyclic) bond motifs is 1. The number of hydrogen-bond donors (Lipinski definition) is 0. The van der Waals surface area contributed by atoms with Crippen molar-refractivity contribution in [2.45, 2.75) is 51.7 Å². The SMILES string of the molecule is CCn1cc([C@H]2OCC[C@@H]2CN2CCC3(CCc4ccccc4C3=O)CC2)cn1. The van der Waals surface area contributed by atoms with E-state index in [9.17, 15) is 4.79 Å². The molecule has 3 heterocycles. The maximum Gasteiger partial charge on any atom is 0.169 e. The number of ketones is 1. The minimum atomic E-state index is -0.126. The lowest BCUT2D eigenvalue weighted by Crippen LogP contribution is -2.47. The Hall–Kier alpha value is -1.98. The van der Waals surface area contributed by atoms with Crippen LogP contribution < -0.4 is 0 Å². The fourth-order valence-corrected chi connectivity index (χ4v) is 5.59. The lowest BCUT2D eigenvalue weighted by Gasteiger charge is -2.44. The van der Waals surface area contributed by atoms with Crippen LogP contribution in [-0.4, -0.2) is 46.7 Å². The van der Waals surface area contributed by atoms with Gasteiger partial charge in [-0.3, -0.25) is 9.48 Å². The Morgan fingerprint density at radius 1 is 1.21 bits per heavy atom. The van der Waals surface area contributed by atoms with Crippen molar-refractivity contribution in [1.82, 2.24) is 14.7 Å². The van der Waals surface area contributed by atoms with Crippen LogP contribution in [0.5, 0.6) is 0 Å². The summed E-state index contributed by atoms with van der Waals surface area (Å²) in [5, 5.41) is 4.43. The molecule has 1 spiro atoms. The number of piperidine rings is 1. The van der Waals surface area contributed by atoms with E-state index in [1.165, 1.54) is 11.1 Å². The van der Waals surface area contributed by atoms with Crippen LogP contribution in [0.3, 0.4) is 0 Å². The molecule has 2 aliphatic heterocycles. The fraction of sp³-hybridized carbons (Fsp3) is 0.583. The number of likely N-dealkylation sites (tertiary alicyclic amines) is 1. The zero-order chi connectivity index (χ0) is 19.8. The van der Waals surface area contributed by atoms with Crippen molar-refractivity contribution in [1.29, 1.82) is 0 Å². The molecule has 5 heteroatoms. The zero-order valence-electron chi connectivity index (χ0n) is 17.3. The first-order valence-electron chi connectivity index (χ1n) is 11.2. The summed E-state index contributed by atoms with van der Waals surface area (Å²) in [6.07, 6.45) is 9.41. The highest BCUT2D eigenvalue weighted by atomic mass is 16.5. The van der Waals surface area contributed by atoms with Crippen LogP contribution >= 0.6 is 0 Å². The first-order chi connectivity index (χ1) is 14.2. The number of hydrogen-bond acceptors (Lipinski definition) is 4. The van der Waals surface area contributed by atoms with E-state index in [1.807, 2.05) is 23.0 Å². The molecule has 5 nitrogen and oxygen atoms in total. The monoisotopic (exact) mass is 393 g/mol. The number of aryl methyl sites for hydroxylation is 2. The normalized spacial score (nSPS) is 26.7. The van der Waals surface area contributed by atoms with Crippen LogP contribution in [0, 0.1) is 11.3 Å². The number of carbonyl (C=O) groups is 1. The number of carbonyl (C=O) groups excluding carboxylic acids is 1. The zero-order valence-corrected chi connectivity index (χ0v) is 17.3. The quantitative estimate of drug-likeness (QED) is 0.791. The summed E-state index contributed by atoms with van der Waals surface area (Å²) in [5.41, 5.74) is 3.30. The van der Waals surface area contributed by atoms with E-state index in [0.29, 0.717) is 11.7 Å². The van der Waals surface area contributed by atoms with Crippen molar-refractivity contribution in [3.05, 3.63) is 53.3 Å². The Morgan fingerprint density at radius 2 is 2.03 bits per heavy atom. The number of nitrogens with zero attached hydrogens (tertiary/aromatic N) is 3. The highest BCUT2D eigenvalue weighted by molar-refractivity contribution is 6.02. The van der Waals surface area contributed by atoms with E-state index < -0.39 is 0 Å². The predicted octanol–water partition coefficient (Wildman–Crippen LogP) is 3.89. The van der Waals surface area contributed by atoms with Gasteiger partial charge in [0.05, 0.1) is 12.3 Å². The average molecular weight is 394 g/mol. The molecule has 1 aliphatic carbocycles. The molecule has 2 fully saturated rings. The Labute approximate surface area is 173 Å². The summed E-state index contributed by atoms with van der Waals surface area (Å²) in [4.78, 5) is 15.8. The van der Waals surface area contributed by atoms with Crippen molar-refractivity contribution in [3.63, 3.8) is 0 Å². The summed E-state index contributed by atoms with van der Waals surface area (Å²) in [6.45, 7) is 6.93. The number of rotatable bonds is 4. The molecular formula is C24H31N3O2. The van der Waals surface area contributed by atoms with E-state index >= 15 is 0 Å². The Balaban J connectivity index is 1.23. The number of benzene rings is 1. The summed E-state index contributed by atoms with van der Waals surface area (Å²) < 4.78 is 8.06. The molecule has 2 aromatic rings. The third-order valence-corrected chi connectivity index (χ3v) is 7.44. The smallest absolute Gasteiger partial charge is 0.169 e. The molecule has 0 radical (unpaired) electrons. The molecular weight excluding hydrogens is 362 g/mol. The van der Waals surface area contributed by atoms with Gasteiger partial charge >= 0.3 is 0 Å². The molecule has 0 saturated carbocycles. The minimum absolute atomic E-state index is 0.126. The van der Waals surface area contributed by atoms with Gasteiger partial charge in [-0.15, -0.1) is 0 Å². The van der Waals surface area contributed by atoms with Gasteiger partial charge in [0.25, 0.3) is 0 Å². The van der Waals surface area contributed by atoms with Crippen molar-refractivity contribution < 1.29 is 9.53 Å². The van der Waals surface area contributed by atoms with Crippen molar-refractivity contribution >= 4 is 5.78 Å². The molecule has 3 aliphatic rings. The van der Waals surface area contributed by atoms with Gasteiger partial charge in [0.2, 0.25) is 0 Å². The van der Waals surface area contributed by atoms with Crippen LogP contribution in [0.4, 0.5) is 0 Å². The average Bonchev–Trinajstić information content (AvgIpc) is 3.42. The standard InChI is InChI=1S/C24H31N3O2/c1-2-27-17-20(15-25-27)22-19(8-14-29-22)16-26-12-10-24(11-13-26)9-7-18-5-3-4-6-21(18)23(24)28/h3-6,15,17,19,22H,2,7-14,16H2,1H3/t19-,22+/m1/s1. The third-order valence-electron chi connectivity index (χ3n) is 7.44.